The number of hydrogen-bond acceptors (Lipinski definition) is 5. The fourth-order valence-corrected chi connectivity index (χ4v) is 4.30. The highest BCUT2D eigenvalue weighted by Gasteiger charge is 2.27. The first kappa shape index (κ1) is 22.8. The maximum Gasteiger partial charge on any atom is 0.280 e. The van der Waals surface area contributed by atoms with E-state index in [1.54, 1.807) is 12.0 Å². The van der Waals surface area contributed by atoms with Crippen molar-refractivity contribution in [2.24, 2.45) is 0 Å². The highest BCUT2D eigenvalue weighted by molar-refractivity contribution is 6.00. The van der Waals surface area contributed by atoms with Crippen LogP contribution in [0.1, 0.15) is 28.0 Å². The lowest BCUT2D eigenvalue weighted by Gasteiger charge is -2.36. The molecule has 1 amide bonds. The molecule has 7 nitrogen and oxygen atoms in total. The van der Waals surface area contributed by atoms with Gasteiger partial charge in [0, 0.05) is 37.4 Å². The molecule has 0 spiro atoms. The van der Waals surface area contributed by atoms with Crippen LogP contribution < -0.4 is 9.64 Å². The first-order valence-electron chi connectivity index (χ1n) is 11.4. The summed E-state index contributed by atoms with van der Waals surface area (Å²) in [5.74, 6) is 0.527. The van der Waals surface area contributed by atoms with Crippen LogP contribution >= 0.6 is 0 Å². The van der Waals surface area contributed by atoms with E-state index < -0.39 is 6.43 Å². The summed E-state index contributed by atoms with van der Waals surface area (Å²) in [6.45, 7) is 4.26. The van der Waals surface area contributed by atoms with E-state index in [9.17, 15) is 13.6 Å². The van der Waals surface area contributed by atoms with Crippen LogP contribution in [0.2, 0.25) is 0 Å². The van der Waals surface area contributed by atoms with Crippen LogP contribution in [0.25, 0.3) is 16.9 Å². The van der Waals surface area contributed by atoms with Gasteiger partial charge in [0.05, 0.1) is 19.0 Å². The average molecular weight is 478 g/mol. The summed E-state index contributed by atoms with van der Waals surface area (Å²) in [6, 6.07) is 16.6. The number of hydrogen-bond donors (Lipinski definition) is 0. The number of fused-ring (bicyclic) bond motifs is 1. The summed E-state index contributed by atoms with van der Waals surface area (Å²) < 4.78 is 34.0. The van der Waals surface area contributed by atoms with E-state index in [-0.39, 0.29) is 22.8 Å². The summed E-state index contributed by atoms with van der Waals surface area (Å²) in [6.07, 6.45) is -1.42. The van der Waals surface area contributed by atoms with Crippen LogP contribution in [0.3, 0.4) is 0 Å². The molecule has 1 aliphatic heterocycles. The third kappa shape index (κ3) is 4.41. The maximum absolute atomic E-state index is 13.9. The molecule has 4 aromatic rings. The molecule has 1 fully saturated rings. The number of rotatable bonds is 5. The van der Waals surface area contributed by atoms with Gasteiger partial charge in [0.15, 0.2) is 5.65 Å². The van der Waals surface area contributed by atoms with Gasteiger partial charge in [0.2, 0.25) is 0 Å². The zero-order valence-electron chi connectivity index (χ0n) is 19.5. The topological polar surface area (TPSA) is 63.0 Å². The van der Waals surface area contributed by atoms with Gasteiger partial charge in [-0.3, -0.25) is 4.79 Å². The molecule has 35 heavy (non-hydrogen) atoms. The van der Waals surface area contributed by atoms with E-state index in [0.717, 1.165) is 21.5 Å². The average Bonchev–Trinajstić information content (AvgIpc) is 3.32. The molecular weight excluding hydrogens is 452 g/mol. The molecular formula is C26H25F2N5O2. The fourth-order valence-electron chi connectivity index (χ4n) is 4.30. The van der Waals surface area contributed by atoms with Crippen molar-refractivity contribution in [3.8, 4) is 17.0 Å². The zero-order chi connectivity index (χ0) is 24.5. The lowest BCUT2D eigenvalue weighted by molar-refractivity contribution is 0.0748. The number of halogens is 2. The molecule has 0 atom stereocenters. The summed E-state index contributed by atoms with van der Waals surface area (Å²) in [7, 11) is 1.63. The van der Waals surface area contributed by atoms with E-state index in [2.05, 4.69) is 15.0 Å². The molecule has 3 heterocycles. The van der Waals surface area contributed by atoms with Gasteiger partial charge in [-0.15, -0.1) is 0 Å². The van der Waals surface area contributed by atoms with Gasteiger partial charge in [0.25, 0.3) is 12.3 Å². The summed E-state index contributed by atoms with van der Waals surface area (Å²) in [5, 5.41) is 4.09. The van der Waals surface area contributed by atoms with Gasteiger partial charge in [-0.25, -0.2) is 18.3 Å². The van der Waals surface area contributed by atoms with Crippen molar-refractivity contribution in [3.05, 3.63) is 77.6 Å². The molecule has 0 unspecified atom stereocenters. The third-order valence-electron chi connectivity index (χ3n) is 6.31. The first-order valence-corrected chi connectivity index (χ1v) is 11.4. The highest BCUT2D eigenvalue weighted by atomic mass is 19.3. The van der Waals surface area contributed by atoms with Crippen molar-refractivity contribution in [1.82, 2.24) is 19.5 Å². The van der Waals surface area contributed by atoms with Crippen molar-refractivity contribution in [2.45, 2.75) is 13.3 Å². The van der Waals surface area contributed by atoms with Crippen LogP contribution in [0, 0.1) is 6.92 Å². The fraction of sp³-hybridized carbons (Fsp3) is 0.269. The minimum atomic E-state index is -2.76. The molecule has 0 saturated carbocycles. The molecule has 9 heteroatoms. The summed E-state index contributed by atoms with van der Waals surface area (Å²) >= 11 is 0. The lowest BCUT2D eigenvalue weighted by atomic mass is 10.1. The van der Waals surface area contributed by atoms with Crippen LogP contribution in [-0.2, 0) is 0 Å². The number of aromatic nitrogens is 3. The smallest absolute Gasteiger partial charge is 0.280 e. The molecule has 1 aliphatic rings. The van der Waals surface area contributed by atoms with Crippen molar-refractivity contribution in [3.63, 3.8) is 0 Å². The van der Waals surface area contributed by atoms with Crippen molar-refractivity contribution in [1.29, 1.82) is 0 Å². The summed E-state index contributed by atoms with van der Waals surface area (Å²) in [5.41, 5.74) is 3.26. The third-order valence-corrected chi connectivity index (χ3v) is 6.31. The Bertz CT molecular complexity index is 1340. The molecule has 2 aromatic carbocycles. The van der Waals surface area contributed by atoms with E-state index in [4.69, 9.17) is 4.74 Å². The van der Waals surface area contributed by atoms with Gasteiger partial charge >= 0.3 is 0 Å². The molecule has 2 aromatic heterocycles. The van der Waals surface area contributed by atoms with E-state index in [1.807, 2.05) is 55.5 Å². The van der Waals surface area contributed by atoms with Crippen molar-refractivity contribution in [2.75, 3.05) is 38.2 Å². The Balaban J connectivity index is 1.41. The minimum Gasteiger partial charge on any atom is -0.497 e. The number of aryl methyl sites for hydroxylation is 1. The number of alkyl halides is 2. The van der Waals surface area contributed by atoms with Gasteiger partial charge in [-0.2, -0.15) is 5.10 Å². The van der Waals surface area contributed by atoms with Gasteiger partial charge in [-0.05, 0) is 37.3 Å². The van der Waals surface area contributed by atoms with E-state index in [1.165, 1.54) is 12.3 Å². The van der Waals surface area contributed by atoms with Crippen LogP contribution in [0.15, 0.2) is 60.8 Å². The molecule has 0 radical (unpaired) electrons. The highest BCUT2D eigenvalue weighted by Crippen LogP contribution is 2.28. The lowest BCUT2D eigenvalue weighted by Crippen LogP contribution is -2.48. The molecule has 5 rings (SSSR count). The molecule has 180 valence electrons. The van der Waals surface area contributed by atoms with Crippen LogP contribution in [0.4, 0.5) is 14.5 Å². The first-order chi connectivity index (χ1) is 16.9. The summed E-state index contributed by atoms with van der Waals surface area (Å²) in [4.78, 5) is 21.9. The number of anilines is 1. The number of ether oxygens (including phenoxy) is 1. The zero-order valence-corrected chi connectivity index (χ0v) is 19.5. The Morgan fingerprint density at radius 2 is 1.69 bits per heavy atom. The van der Waals surface area contributed by atoms with E-state index >= 15 is 0 Å². The molecule has 1 saturated heterocycles. The Labute approximate surface area is 201 Å². The van der Waals surface area contributed by atoms with Crippen molar-refractivity contribution >= 4 is 17.2 Å². The molecule has 0 N–H and O–H groups in total. The van der Waals surface area contributed by atoms with E-state index in [0.29, 0.717) is 37.4 Å². The SMILES string of the molecule is COc1ccc(N2CCN(C(=O)c3cnn4c(C(F)F)cc(-c5ccc(C)cc5)nc34)CC2)cc1. The maximum atomic E-state index is 13.9. The number of benzene rings is 2. The number of carbonyl (C=O) groups excluding carboxylic acids is 1. The molecule has 0 aliphatic carbocycles. The Kier molecular flexibility index (Phi) is 6.07. The minimum absolute atomic E-state index is 0.140. The van der Waals surface area contributed by atoms with Crippen LogP contribution in [-0.4, -0.2) is 58.7 Å². The number of nitrogens with zero attached hydrogens (tertiary/aromatic N) is 5. The number of amides is 1. The number of carbonyl (C=O) groups is 1. The van der Waals surface area contributed by atoms with Gasteiger partial charge in [-0.1, -0.05) is 29.8 Å². The van der Waals surface area contributed by atoms with Gasteiger partial charge < -0.3 is 14.5 Å². The Hall–Kier alpha value is -4.01. The second-order valence-corrected chi connectivity index (χ2v) is 8.50. The Morgan fingerprint density at radius 1 is 1.00 bits per heavy atom. The van der Waals surface area contributed by atoms with Gasteiger partial charge in [0.1, 0.15) is 17.0 Å². The normalized spacial score (nSPS) is 14.1. The Morgan fingerprint density at radius 3 is 2.31 bits per heavy atom. The van der Waals surface area contributed by atoms with Crippen molar-refractivity contribution < 1.29 is 18.3 Å². The standard InChI is InChI=1S/C26H25F2N5O2/c1-17-3-5-18(6-4-17)22-15-23(24(27)28)33-25(30-22)21(16-29-33)26(34)32-13-11-31(12-14-32)19-7-9-20(35-2)10-8-19/h3-10,15-16,24H,11-14H2,1-2H3. The predicted octanol–water partition coefficient (Wildman–Crippen LogP) is 4.61. The second kappa shape index (κ2) is 9.32. The number of piperazine rings is 1. The monoisotopic (exact) mass is 477 g/mol. The second-order valence-electron chi connectivity index (χ2n) is 8.50. The predicted molar refractivity (Wildman–Crippen MR) is 129 cm³/mol. The molecule has 0 bridgehead atoms. The van der Waals surface area contributed by atoms with Crippen LogP contribution in [0.5, 0.6) is 5.75 Å². The quantitative estimate of drug-likeness (QED) is 0.420. The largest absolute Gasteiger partial charge is 0.497 e. The number of methoxy groups -OCH3 is 1.